The molecule has 4 heteroatoms. The second kappa shape index (κ2) is 4.61. The molecular formula is C5H10BrNO2. The van der Waals surface area contributed by atoms with Crippen molar-refractivity contribution >= 4 is 22.0 Å². The maximum atomic E-state index is 10.4. The van der Waals surface area contributed by atoms with Crippen LogP contribution in [0, 0.1) is 0 Å². The van der Waals surface area contributed by atoms with Crippen LogP contribution in [-0.4, -0.2) is 24.6 Å². The van der Waals surface area contributed by atoms with Gasteiger partial charge in [-0.15, -0.1) is 0 Å². The SMILES string of the molecule is COC(=O)NCC(C)Br. The van der Waals surface area contributed by atoms with Gasteiger partial charge in [0.15, 0.2) is 0 Å². The van der Waals surface area contributed by atoms with Gasteiger partial charge in [-0.25, -0.2) is 4.79 Å². The highest BCUT2D eigenvalue weighted by Gasteiger charge is 1.98. The van der Waals surface area contributed by atoms with Crippen molar-refractivity contribution in [3.05, 3.63) is 0 Å². The molecule has 1 N–H and O–H groups in total. The molecule has 1 unspecified atom stereocenters. The summed E-state index contributed by atoms with van der Waals surface area (Å²) in [5.41, 5.74) is 0. The first-order valence-corrected chi connectivity index (χ1v) is 3.54. The van der Waals surface area contributed by atoms with Gasteiger partial charge in [0, 0.05) is 11.4 Å². The van der Waals surface area contributed by atoms with Crippen LogP contribution in [0.1, 0.15) is 6.92 Å². The molecule has 0 aromatic heterocycles. The molecule has 0 radical (unpaired) electrons. The Morgan fingerprint density at radius 3 is 2.78 bits per heavy atom. The Morgan fingerprint density at radius 2 is 2.44 bits per heavy atom. The van der Waals surface area contributed by atoms with E-state index in [4.69, 9.17) is 0 Å². The smallest absolute Gasteiger partial charge is 0.406 e. The van der Waals surface area contributed by atoms with Gasteiger partial charge in [0.1, 0.15) is 0 Å². The summed E-state index contributed by atoms with van der Waals surface area (Å²) in [6.45, 7) is 2.53. The van der Waals surface area contributed by atoms with Crippen LogP contribution in [0.3, 0.4) is 0 Å². The van der Waals surface area contributed by atoms with E-state index in [0.717, 1.165) is 0 Å². The van der Waals surface area contributed by atoms with Gasteiger partial charge in [-0.2, -0.15) is 0 Å². The van der Waals surface area contributed by atoms with Crippen LogP contribution in [0.15, 0.2) is 0 Å². The summed E-state index contributed by atoms with van der Waals surface area (Å²) in [4.78, 5) is 10.7. The molecule has 0 aliphatic carbocycles. The summed E-state index contributed by atoms with van der Waals surface area (Å²) in [7, 11) is 1.34. The van der Waals surface area contributed by atoms with Crippen LogP contribution in [0.5, 0.6) is 0 Å². The lowest BCUT2D eigenvalue weighted by molar-refractivity contribution is 0.171. The monoisotopic (exact) mass is 195 g/mol. The van der Waals surface area contributed by atoms with E-state index in [0.29, 0.717) is 6.54 Å². The summed E-state index contributed by atoms with van der Waals surface area (Å²) in [5, 5.41) is 2.52. The van der Waals surface area contributed by atoms with Crippen molar-refractivity contribution in [2.75, 3.05) is 13.7 Å². The number of ether oxygens (including phenoxy) is 1. The predicted octanol–water partition coefficient (Wildman–Crippen LogP) is 1.13. The summed E-state index contributed by atoms with van der Waals surface area (Å²) < 4.78 is 4.33. The van der Waals surface area contributed by atoms with Gasteiger partial charge in [0.25, 0.3) is 0 Å². The molecular weight excluding hydrogens is 186 g/mol. The van der Waals surface area contributed by atoms with E-state index >= 15 is 0 Å². The molecule has 3 nitrogen and oxygen atoms in total. The Bertz CT molecular complexity index is 95.0. The molecule has 0 aliphatic rings. The molecule has 0 saturated heterocycles. The van der Waals surface area contributed by atoms with E-state index in [1.54, 1.807) is 0 Å². The fraction of sp³-hybridized carbons (Fsp3) is 0.800. The highest BCUT2D eigenvalue weighted by molar-refractivity contribution is 9.09. The molecule has 9 heavy (non-hydrogen) atoms. The zero-order valence-corrected chi connectivity index (χ0v) is 7.06. The molecule has 0 heterocycles. The predicted molar refractivity (Wildman–Crippen MR) is 38.8 cm³/mol. The standard InChI is InChI=1S/C5H10BrNO2/c1-4(6)3-7-5(8)9-2/h4H,3H2,1-2H3,(H,7,8). The number of nitrogens with one attached hydrogen (secondary N) is 1. The molecule has 54 valence electrons. The fourth-order valence-corrected chi connectivity index (χ4v) is 0.458. The number of alkyl carbamates (subject to hydrolysis) is 1. The Morgan fingerprint density at radius 1 is 1.89 bits per heavy atom. The lowest BCUT2D eigenvalue weighted by atomic mass is 10.5. The molecule has 0 aromatic rings. The zero-order valence-electron chi connectivity index (χ0n) is 5.48. The van der Waals surface area contributed by atoms with E-state index in [2.05, 4.69) is 26.0 Å². The van der Waals surface area contributed by atoms with Crippen LogP contribution in [0.25, 0.3) is 0 Å². The minimum absolute atomic E-state index is 0.289. The average Bonchev–Trinajstić information content (AvgIpc) is 1.83. The first-order chi connectivity index (χ1) is 4.16. The number of amides is 1. The summed E-state index contributed by atoms with van der Waals surface area (Å²) in [6.07, 6.45) is -0.388. The highest BCUT2D eigenvalue weighted by atomic mass is 79.9. The van der Waals surface area contributed by atoms with Crippen molar-refractivity contribution in [3.8, 4) is 0 Å². The number of alkyl halides is 1. The molecule has 0 fully saturated rings. The van der Waals surface area contributed by atoms with Crippen molar-refractivity contribution in [2.45, 2.75) is 11.8 Å². The average molecular weight is 196 g/mol. The molecule has 0 rings (SSSR count). The Kier molecular flexibility index (Phi) is 4.48. The number of hydrogen-bond acceptors (Lipinski definition) is 2. The van der Waals surface area contributed by atoms with Gasteiger partial charge in [0.2, 0.25) is 0 Å². The van der Waals surface area contributed by atoms with Crippen LogP contribution in [0.2, 0.25) is 0 Å². The van der Waals surface area contributed by atoms with Crippen molar-refractivity contribution in [2.24, 2.45) is 0 Å². The third-order valence-electron chi connectivity index (χ3n) is 0.713. The quantitative estimate of drug-likeness (QED) is 0.672. The maximum Gasteiger partial charge on any atom is 0.406 e. The van der Waals surface area contributed by atoms with Crippen molar-refractivity contribution in [1.29, 1.82) is 0 Å². The lowest BCUT2D eigenvalue weighted by Gasteiger charge is -2.03. The topological polar surface area (TPSA) is 38.3 Å². The van der Waals surface area contributed by atoms with Gasteiger partial charge in [-0.05, 0) is 0 Å². The molecule has 0 saturated carbocycles. The third-order valence-corrected chi connectivity index (χ3v) is 1.04. The van der Waals surface area contributed by atoms with Crippen LogP contribution in [0.4, 0.5) is 4.79 Å². The zero-order chi connectivity index (χ0) is 7.28. The number of methoxy groups -OCH3 is 1. The van der Waals surface area contributed by atoms with Gasteiger partial charge < -0.3 is 10.1 Å². The Labute approximate surface area is 62.9 Å². The third kappa shape index (κ3) is 5.62. The molecule has 0 aliphatic heterocycles. The van der Waals surface area contributed by atoms with Crippen LogP contribution >= 0.6 is 15.9 Å². The minimum atomic E-state index is -0.388. The van der Waals surface area contributed by atoms with Crippen molar-refractivity contribution in [1.82, 2.24) is 5.32 Å². The largest absolute Gasteiger partial charge is 0.453 e. The first kappa shape index (κ1) is 8.75. The maximum absolute atomic E-state index is 10.4. The summed E-state index contributed by atoms with van der Waals surface area (Å²) >= 11 is 3.26. The number of carbonyl (C=O) groups is 1. The Hall–Kier alpha value is -0.250. The second-order valence-electron chi connectivity index (χ2n) is 1.65. The molecule has 0 spiro atoms. The summed E-state index contributed by atoms with van der Waals surface area (Å²) in [6, 6.07) is 0. The van der Waals surface area contributed by atoms with E-state index in [1.165, 1.54) is 7.11 Å². The van der Waals surface area contributed by atoms with E-state index in [1.807, 2.05) is 6.92 Å². The first-order valence-electron chi connectivity index (χ1n) is 2.62. The van der Waals surface area contributed by atoms with Crippen LogP contribution < -0.4 is 5.32 Å². The van der Waals surface area contributed by atoms with Crippen molar-refractivity contribution in [3.63, 3.8) is 0 Å². The van der Waals surface area contributed by atoms with E-state index < -0.39 is 0 Å². The number of rotatable bonds is 2. The van der Waals surface area contributed by atoms with E-state index in [9.17, 15) is 4.79 Å². The normalized spacial score (nSPS) is 12.3. The summed E-state index contributed by atoms with van der Waals surface area (Å²) in [5.74, 6) is 0. The molecule has 1 amide bonds. The van der Waals surface area contributed by atoms with Gasteiger partial charge in [-0.3, -0.25) is 0 Å². The number of hydrogen-bond donors (Lipinski definition) is 1. The van der Waals surface area contributed by atoms with Gasteiger partial charge in [-0.1, -0.05) is 22.9 Å². The van der Waals surface area contributed by atoms with Gasteiger partial charge >= 0.3 is 6.09 Å². The minimum Gasteiger partial charge on any atom is -0.453 e. The van der Waals surface area contributed by atoms with Crippen LogP contribution in [-0.2, 0) is 4.74 Å². The molecule has 0 aromatic carbocycles. The highest BCUT2D eigenvalue weighted by Crippen LogP contribution is 1.93. The molecule has 1 atom stereocenters. The van der Waals surface area contributed by atoms with Crippen molar-refractivity contribution < 1.29 is 9.53 Å². The van der Waals surface area contributed by atoms with E-state index in [-0.39, 0.29) is 10.9 Å². The fourth-order valence-electron chi connectivity index (χ4n) is 0.296. The number of carbonyl (C=O) groups excluding carboxylic acids is 1. The lowest BCUT2D eigenvalue weighted by Crippen LogP contribution is -2.27. The second-order valence-corrected chi connectivity index (χ2v) is 3.22. The number of halogens is 1. The van der Waals surface area contributed by atoms with Gasteiger partial charge in [0.05, 0.1) is 7.11 Å². The molecule has 0 bridgehead atoms. The Balaban J connectivity index is 3.17.